The Hall–Kier alpha value is -3.23. The molecule has 2 aliphatic rings. The summed E-state index contributed by atoms with van der Waals surface area (Å²) in [5.74, 6) is -0.946. The number of likely N-dealkylation sites (tertiary alicyclic amines) is 1. The maximum atomic E-state index is 13.1. The van der Waals surface area contributed by atoms with Gasteiger partial charge in [0, 0.05) is 44.1 Å². The van der Waals surface area contributed by atoms with Gasteiger partial charge in [0.2, 0.25) is 0 Å². The fourth-order valence-corrected chi connectivity index (χ4v) is 4.12. The summed E-state index contributed by atoms with van der Waals surface area (Å²) in [6.07, 6.45) is 3.26. The number of aromatic nitrogens is 1. The van der Waals surface area contributed by atoms with Gasteiger partial charge in [-0.3, -0.25) is 19.5 Å². The van der Waals surface area contributed by atoms with Gasteiger partial charge < -0.3 is 19.5 Å². The molecule has 3 heterocycles. The Balaban J connectivity index is 1.71. The molecule has 168 valence electrons. The Kier molecular flexibility index (Phi) is 6.82. The van der Waals surface area contributed by atoms with Crippen molar-refractivity contribution in [3.63, 3.8) is 0 Å². The first-order valence-corrected chi connectivity index (χ1v) is 10.8. The molecule has 2 saturated heterocycles. The highest BCUT2D eigenvalue weighted by Crippen LogP contribution is 2.39. The molecule has 2 fully saturated rings. The largest absolute Gasteiger partial charge is 0.507 e. The number of amides is 1. The minimum Gasteiger partial charge on any atom is -0.507 e. The van der Waals surface area contributed by atoms with Gasteiger partial charge in [-0.1, -0.05) is 18.2 Å². The van der Waals surface area contributed by atoms with E-state index in [4.69, 9.17) is 9.47 Å². The van der Waals surface area contributed by atoms with E-state index in [9.17, 15) is 14.7 Å². The Bertz CT molecular complexity index is 1000. The van der Waals surface area contributed by atoms with Gasteiger partial charge in [-0.15, -0.1) is 0 Å². The summed E-state index contributed by atoms with van der Waals surface area (Å²) < 4.78 is 10.9. The third-order valence-electron chi connectivity index (χ3n) is 5.72. The zero-order valence-electron chi connectivity index (χ0n) is 18.1. The lowest BCUT2D eigenvalue weighted by Crippen LogP contribution is -2.42. The number of ketones is 1. The van der Waals surface area contributed by atoms with Crippen LogP contribution < -0.4 is 4.74 Å². The van der Waals surface area contributed by atoms with Crippen molar-refractivity contribution in [2.75, 3.05) is 46.0 Å². The third kappa shape index (κ3) is 4.51. The number of rotatable bonds is 7. The van der Waals surface area contributed by atoms with Crippen LogP contribution in [-0.2, 0) is 14.3 Å². The smallest absolute Gasteiger partial charge is 0.295 e. The van der Waals surface area contributed by atoms with Crippen LogP contribution in [0.3, 0.4) is 0 Å². The summed E-state index contributed by atoms with van der Waals surface area (Å²) in [4.78, 5) is 34.0. The quantitative estimate of drug-likeness (QED) is 0.403. The number of hydrogen-bond donors (Lipinski definition) is 1. The summed E-state index contributed by atoms with van der Waals surface area (Å²) in [5, 5.41) is 11.1. The number of aliphatic hydroxyl groups is 1. The molecule has 0 spiro atoms. The first kappa shape index (κ1) is 22.0. The maximum Gasteiger partial charge on any atom is 0.295 e. The lowest BCUT2D eigenvalue weighted by atomic mass is 9.96. The Morgan fingerprint density at radius 3 is 2.72 bits per heavy atom. The molecule has 1 atom stereocenters. The summed E-state index contributed by atoms with van der Waals surface area (Å²) in [7, 11) is 0. The van der Waals surface area contributed by atoms with E-state index in [1.807, 2.05) is 13.0 Å². The van der Waals surface area contributed by atoms with E-state index in [1.54, 1.807) is 42.7 Å². The van der Waals surface area contributed by atoms with Crippen LogP contribution in [0.25, 0.3) is 5.76 Å². The molecule has 1 aromatic carbocycles. The van der Waals surface area contributed by atoms with Gasteiger partial charge in [-0.05, 0) is 30.7 Å². The lowest BCUT2D eigenvalue weighted by Gasteiger charge is -2.30. The van der Waals surface area contributed by atoms with Crippen molar-refractivity contribution in [3.8, 4) is 5.75 Å². The number of hydrogen-bond acceptors (Lipinski definition) is 7. The van der Waals surface area contributed by atoms with Gasteiger partial charge >= 0.3 is 0 Å². The average Bonchev–Trinajstić information content (AvgIpc) is 3.09. The first-order chi connectivity index (χ1) is 15.6. The predicted octanol–water partition coefficient (Wildman–Crippen LogP) is 2.23. The fourth-order valence-electron chi connectivity index (χ4n) is 4.12. The second-order valence-electron chi connectivity index (χ2n) is 7.69. The zero-order chi connectivity index (χ0) is 22.5. The number of nitrogens with zero attached hydrogens (tertiary/aromatic N) is 3. The van der Waals surface area contributed by atoms with Gasteiger partial charge in [-0.2, -0.15) is 0 Å². The van der Waals surface area contributed by atoms with Gasteiger partial charge in [0.1, 0.15) is 11.5 Å². The Morgan fingerprint density at radius 2 is 2.00 bits per heavy atom. The summed E-state index contributed by atoms with van der Waals surface area (Å²) in [6.45, 7) is 6.20. The van der Waals surface area contributed by atoms with Crippen LogP contribution in [0.1, 0.15) is 24.1 Å². The number of pyridine rings is 1. The molecule has 4 rings (SSSR count). The van der Waals surface area contributed by atoms with E-state index >= 15 is 0 Å². The van der Waals surface area contributed by atoms with Crippen molar-refractivity contribution in [1.82, 2.24) is 14.8 Å². The van der Waals surface area contributed by atoms with Crippen molar-refractivity contribution in [3.05, 3.63) is 65.5 Å². The molecule has 1 aromatic heterocycles. The SMILES string of the molecule is CCOc1cccc(C(O)=C2C(=O)C(=O)N(CCN3CCOCC3)[C@@H]2c2cccnc2)c1. The highest BCUT2D eigenvalue weighted by atomic mass is 16.5. The summed E-state index contributed by atoms with van der Waals surface area (Å²) in [5.41, 5.74) is 1.17. The molecular weight excluding hydrogens is 410 g/mol. The molecule has 8 nitrogen and oxygen atoms in total. The standard InChI is InChI=1S/C24H27N3O5/c1-2-32-19-7-3-5-17(15-19)22(28)20-21(18-6-4-8-25-16-18)27(24(30)23(20)29)10-9-26-11-13-31-14-12-26/h3-8,15-16,21,28H,2,9-14H2,1H3/t21-/m1/s1. The van der Waals surface area contributed by atoms with E-state index in [0.29, 0.717) is 49.8 Å². The van der Waals surface area contributed by atoms with Crippen LogP contribution in [-0.4, -0.2) is 77.6 Å². The minimum atomic E-state index is -0.708. The predicted molar refractivity (Wildman–Crippen MR) is 118 cm³/mol. The number of carbonyl (C=O) groups is 2. The fraction of sp³-hybridized carbons (Fsp3) is 0.375. The van der Waals surface area contributed by atoms with Gasteiger partial charge in [0.25, 0.3) is 11.7 Å². The highest BCUT2D eigenvalue weighted by Gasteiger charge is 2.46. The first-order valence-electron chi connectivity index (χ1n) is 10.8. The van der Waals surface area contributed by atoms with Crippen molar-refractivity contribution in [2.45, 2.75) is 13.0 Å². The molecule has 0 bridgehead atoms. The normalized spacial score (nSPS) is 21.2. The van der Waals surface area contributed by atoms with Crippen molar-refractivity contribution in [1.29, 1.82) is 0 Å². The second kappa shape index (κ2) is 9.93. The van der Waals surface area contributed by atoms with Crippen LogP contribution in [0.2, 0.25) is 0 Å². The monoisotopic (exact) mass is 437 g/mol. The topological polar surface area (TPSA) is 92.2 Å². The lowest BCUT2D eigenvalue weighted by molar-refractivity contribution is -0.140. The Morgan fingerprint density at radius 1 is 1.19 bits per heavy atom. The molecule has 0 aliphatic carbocycles. The van der Waals surface area contributed by atoms with Crippen LogP contribution in [0.15, 0.2) is 54.4 Å². The number of Topliss-reactive ketones (excluding diaryl/α,β-unsaturated/α-hetero) is 1. The molecule has 0 saturated carbocycles. The molecule has 2 aliphatic heterocycles. The highest BCUT2D eigenvalue weighted by molar-refractivity contribution is 6.46. The zero-order valence-corrected chi connectivity index (χ0v) is 18.1. The van der Waals surface area contributed by atoms with Gasteiger partial charge in [-0.25, -0.2) is 0 Å². The maximum absolute atomic E-state index is 13.1. The number of aliphatic hydroxyl groups excluding tert-OH is 1. The molecule has 0 unspecified atom stereocenters. The third-order valence-corrected chi connectivity index (χ3v) is 5.72. The molecule has 32 heavy (non-hydrogen) atoms. The van der Waals surface area contributed by atoms with E-state index in [1.165, 1.54) is 4.90 Å². The molecule has 1 amide bonds. The molecule has 8 heteroatoms. The molecular formula is C24H27N3O5. The summed E-state index contributed by atoms with van der Waals surface area (Å²) in [6, 6.07) is 9.75. The van der Waals surface area contributed by atoms with Crippen LogP contribution in [0.4, 0.5) is 0 Å². The number of benzene rings is 1. The van der Waals surface area contributed by atoms with Crippen LogP contribution in [0, 0.1) is 0 Å². The van der Waals surface area contributed by atoms with Crippen LogP contribution in [0.5, 0.6) is 5.75 Å². The van der Waals surface area contributed by atoms with E-state index in [-0.39, 0.29) is 11.3 Å². The second-order valence-corrected chi connectivity index (χ2v) is 7.69. The van der Waals surface area contributed by atoms with Crippen molar-refractivity contribution < 1.29 is 24.2 Å². The number of ether oxygens (including phenoxy) is 2. The molecule has 0 radical (unpaired) electrons. The van der Waals surface area contributed by atoms with Gasteiger partial charge in [0.15, 0.2) is 0 Å². The summed E-state index contributed by atoms with van der Waals surface area (Å²) >= 11 is 0. The molecule has 1 N–H and O–H groups in total. The van der Waals surface area contributed by atoms with E-state index in [0.717, 1.165) is 13.1 Å². The number of morpholine rings is 1. The number of carbonyl (C=O) groups excluding carboxylic acids is 2. The average molecular weight is 437 g/mol. The van der Waals surface area contributed by atoms with E-state index in [2.05, 4.69) is 9.88 Å². The Labute approximate surface area is 187 Å². The molecule has 2 aromatic rings. The van der Waals surface area contributed by atoms with Gasteiger partial charge in [0.05, 0.1) is 31.4 Å². The van der Waals surface area contributed by atoms with Crippen LogP contribution >= 0.6 is 0 Å². The minimum absolute atomic E-state index is 0.0682. The van der Waals surface area contributed by atoms with E-state index < -0.39 is 17.7 Å². The van der Waals surface area contributed by atoms with Crippen molar-refractivity contribution >= 4 is 17.4 Å². The van der Waals surface area contributed by atoms with Crippen molar-refractivity contribution in [2.24, 2.45) is 0 Å².